The zero-order valence-corrected chi connectivity index (χ0v) is 18.6. The van der Waals surface area contributed by atoms with Crippen LogP contribution in [0.25, 0.3) is 0 Å². The van der Waals surface area contributed by atoms with Gasteiger partial charge < -0.3 is 10.1 Å². The summed E-state index contributed by atoms with van der Waals surface area (Å²) in [6.07, 6.45) is -5.18. The van der Waals surface area contributed by atoms with Gasteiger partial charge in [0.2, 0.25) is 0 Å². The van der Waals surface area contributed by atoms with Crippen molar-refractivity contribution in [3.8, 4) is 5.75 Å². The third-order valence-electron chi connectivity index (χ3n) is 4.63. The molecule has 6 nitrogen and oxygen atoms in total. The third-order valence-corrected chi connectivity index (χ3v) is 6.03. The van der Waals surface area contributed by atoms with E-state index in [4.69, 9.17) is 4.74 Å². The number of hydrogen-bond donors (Lipinski definition) is 2. The molecular weight excluding hydrogens is 476 g/mol. The third kappa shape index (κ3) is 6.47. The zero-order chi connectivity index (χ0) is 24.9. The Labute approximate surface area is 193 Å². The minimum Gasteiger partial charge on any atom is -0.481 e. The van der Waals surface area contributed by atoms with E-state index in [0.717, 1.165) is 12.1 Å². The Morgan fingerprint density at radius 2 is 1.62 bits per heavy atom. The Balaban J connectivity index is 1.67. The minimum absolute atomic E-state index is 0.211. The first-order valence-electron chi connectivity index (χ1n) is 10.0. The first-order valence-corrected chi connectivity index (χ1v) is 11.5. The van der Waals surface area contributed by atoms with Gasteiger partial charge in [-0.2, -0.15) is 13.2 Å². The van der Waals surface area contributed by atoms with Crippen molar-refractivity contribution in [1.82, 2.24) is 0 Å². The van der Waals surface area contributed by atoms with Crippen LogP contribution in [0.15, 0.2) is 77.7 Å². The molecule has 11 heteroatoms. The number of carbonyl (C=O) groups excluding carboxylic acids is 1. The van der Waals surface area contributed by atoms with Crippen LogP contribution in [0.5, 0.6) is 5.75 Å². The van der Waals surface area contributed by atoms with Gasteiger partial charge in [0.15, 0.2) is 6.10 Å². The number of ether oxygens (including phenoxy) is 1. The van der Waals surface area contributed by atoms with Crippen molar-refractivity contribution in [2.24, 2.45) is 0 Å². The van der Waals surface area contributed by atoms with E-state index >= 15 is 0 Å². The number of halogens is 4. The molecule has 0 aromatic heterocycles. The fraction of sp³-hybridized carbons (Fsp3) is 0.174. The molecule has 3 aromatic carbocycles. The minimum atomic E-state index is -4.61. The van der Waals surface area contributed by atoms with Gasteiger partial charge in [-0.15, -0.1) is 0 Å². The Morgan fingerprint density at radius 1 is 0.971 bits per heavy atom. The van der Waals surface area contributed by atoms with E-state index in [1.54, 1.807) is 6.92 Å². The van der Waals surface area contributed by atoms with Crippen LogP contribution >= 0.6 is 0 Å². The monoisotopic (exact) mass is 496 g/mol. The molecule has 0 bridgehead atoms. The lowest BCUT2D eigenvalue weighted by Crippen LogP contribution is -2.32. The Hall–Kier alpha value is -3.60. The fourth-order valence-electron chi connectivity index (χ4n) is 2.91. The van der Waals surface area contributed by atoms with E-state index in [0.29, 0.717) is 18.2 Å². The van der Waals surface area contributed by atoms with Gasteiger partial charge in [0.05, 0.1) is 10.5 Å². The number of amides is 1. The lowest BCUT2D eigenvalue weighted by molar-refractivity contribution is -0.137. The maximum Gasteiger partial charge on any atom is 0.416 e. The second-order valence-corrected chi connectivity index (χ2v) is 8.85. The van der Waals surface area contributed by atoms with Gasteiger partial charge in [-0.1, -0.05) is 13.0 Å². The lowest BCUT2D eigenvalue weighted by atomic mass is 10.2. The summed E-state index contributed by atoms with van der Waals surface area (Å²) >= 11 is 0. The standard InChI is InChI=1S/C23H20F4N2O4S/c1-2-21(33-19-10-6-16(24)7-11-19)22(30)28-17-8-12-20(13-9-17)34(31,32)29-18-5-3-4-15(14-18)23(25,26)27/h3-14,21,29H,2H2,1H3,(H,28,30)/t21-/m1/s1. The van der Waals surface area contributed by atoms with Gasteiger partial charge in [-0.3, -0.25) is 9.52 Å². The number of hydrogen-bond acceptors (Lipinski definition) is 4. The Kier molecular flexibility index (Phi) is 7.45. The molecule has 0 spiro atoms. The molecule has 0 saturated carbocycles. The smallest absolute Gasteiger partial charge is 0.416 e. The molecule has 0 saturated heterocycles. The molecule has 1 amide bonds. The molecule has 0 fully saturated rings. The predicted octanol–water partition coefficient (Wildman–Crippen LogP) is 5.44. The molecule has 3 rings (SSSR count). The summed E-state index contributed by atoms with van der Waals surface area (Å²) in [6.45, 7) is 1.73. The number of alkyl halides is 3. The molecule has 0 heterocycles. The van der Waals surface area contributed by atoms with Crippen molar-refractivity contribution in [3.63, 3.8) is 0 Å². The van der Waals surface area contributed by atoms with E-state index in [1.165, 1.54) is 54.6 Å². The second kappa shape index (κ2) is 10.1. The highest BCUT2D eigenvalue weighted by atomic mass is 32.2. The summed E-state index contributed by atoms with van der Waals surface area (Å²) in [5, 5.41) is 2.60. The second-order valence-electron chi connectivity index (χ2n) is 7.17. The summed E-state index contributed by atoms with van der Waals surface area (Å²) in [5.41, 5.74) is -0.945. The SMILES string of the molecule is CC[C@@H](Oc1ccc(F)cc1)C(=O)Nc1ccc(S(=O)(=O)Nc2cccc(C(F)(F)F)c2)cc1. The number of anilines is 2. The van der Waals surface area contributed by atoms with E-state index in [9.17, 15) is 30.8 Å². The molecule has 0 aliphatic carbocycles. The first kappa shape index (κ1) is 25.0. The van der Waals surface area contributed by atoms with Crippen LogP contribution in [0.2, 0.25) is 0 Å². The molecule has 0 aliphatic heterocycles. The number of sulfonamides is 1. The molecule has 0 aliphatic rings. The number of rotatable bonds is 8. The van der Waals surface area contributed by atoms with Gasteiger partial charge in [-0.05, 0) is 73.2 Å². The molecule has 180 valence electrons. The summed E-state index contributed by atoms with van der Waals surface area (Å²) in [6, 6.07) is 14.1. The summed E-state index contributed by atoms with van der Waals surface area (Å²) < 4.78 is 84.4. The zero-order valence-electron chi connectivity index (χ0n) is 17.8. The van der Waals surface area contributed by atoms with Crippen molar-refractivity contribution in [1.29, 1.82) is 0 Å². The van der Waals surface area contributed by atoms with Crippen LogP contribution in [-0.2, 0) is 21.0 Å². The van der Waals surface area contributed by atoms with Crippen molar-refractivity contribution < 1.29 is 35.5 Å². The highest BCUT2D eigenvalue weighted by Crippen LogP contribution is 2.31. The van der Waals surface area contributed by atoms with Crippen LogP contribution in [-0.4, -0.2) is 20.4 Å². The number of benzene rings is 3. The van der Waals surface area contributed by atoms with Gasteiger partial charge in [0.25, 0.3) is 15.9 Å². The maximum atomic E-state index is 13.0. The average molecular weight is 496 g/mol. The molecule has 34 heavy (non-hydrogen) atoms. The van der Waals surface area contributed by atoms with Crippen molar-refractivity contribution >= 4 is 27.3 Å². The number of carbonyl (C=O) groups is 1. The molecule has 2 N–H and O–H groups in total. The summed E-state index contributed by atoms with van der Waals surface area (Å²) in [4.78, 5) is 12.3. The normalized spacial score (nSPS) is 12.6. The van der Waals surface area contributed by atoms with Crippen molar-refractivity contribution in [2.45, 2.75) is 30.5 Å². The molecule has 0 unspecified atom stereocenters. The van der Waals surface area contributed by atoms with Gasteiger partial charge in [0.1, 0.15) is 11.6 Å². The van der Waals surface area contributed by atoms with Crippen molar-refractivity contribution in [3.05, 3.63) is 84.2 Å². The molecular formula is C23H20F4N2O4S. The van der Waals surface area contributed by atoms with Crippen molar-refractivity contribution in [2.75, 3.05) is 10.0 Å². The summed E-state index contributed by atoms with van der Waals surface area (Å²) in [5.74, 6) is -0.627. The Bertz CT molecular complexity index is 1250. The molecule has 1 atom stereocenters. The average Bonchev–Trinajstić information content (AvgIpc) is 2.78. The highest BCUT2D eigenvalue weighted by molar-refractivity contribution is 7.92. The van der Waals surface area contributed by atoms with Crippen LogP contribution in [0.4, 0.5) is 28.9 Å². The highest BCUT2D eigenvalue weighted by Gasteiger charge is 2.30. The van der Waals surface area contributed by atoms with Crippen LogP contribution in [0.3, 0.4) is 0 Å². The molecule has 3 aromatic rings. The maximum absolute atomic E-state index is 13.0. The Morgan fingerprint density at radius 3 is 2.21 bits per heavy atom. The lowest BCUT2D eigenvalue weighted by Gasteiger charge is -2.17. The largest absolute Gasteiger partial charge is 0.481 e. The van der Waals surface area contributed by atoms with E-state index in [2.05, 4.69) is 10.0 Å². The summed E-state index contributed by atoms with van der Waals surface area (Å²) in [7, 11) is -4.17. The molecule has 0 radical (unpaired) electrons. The van der Waals surface area contributed by atoms with E-state index < -0.39 is 39.6 Å². The van der Waals surface area contributed by atoms with Crippen LogP contribution < -0.4 is 14.8 Å². The van der Waals surface area contributed by atoms with Gasteiger partial charge >= 0.3 is 6.18 Å². The van der Waals surface area contributed by atoms with Crippen LogP contribution in [0, 0.1) is 5.82 Å². The van der Waals surface area contributed by atoms with Gasteiger partial charge in [0, 0.05) is 11.4 Å². The van der Waals surface area contributed by atoms with Gasteiger partial charge in [-0.25, -0.2) is 12.8 Å². The quantitative estimate of drug-likeness (QED) is 0.407. The predicted molar refractivity (Wildman–Crippen MR) is 118 cm³/mol. The topological polar surface area (TPSA) is 84.5 Å². The first-order chi connectivity index (χ1) is 16.0. The fourth-order valence-corrected chi connectivity index (χ4v) is 3.96. The van der Waals surface area contributed by atoms with E-state index in [-0.39, 0.29) is 16.3 Å². The van der Waals surface area contributed by atoms with E-state index in [1.807, 2.05) is 0 Å². The number of nitrogens with one attached hydrogen (secondary N) is 2. The van der Waals surface area contributed by atoms with Crippen LogP contribution in [0.1, 0.15) is 18.9 Å².